The van der Waals surface area contributed by atoms with Crippen LogP contribution in [-0.4, -0.2) is 12.2 Å². The summed E-state index contributed by atoms with van der Waals surface area (Å²) in [6.45, 7) is 4.16. The van der Waals surface area contributed by atoms with E-state index in [0.29, 0.717) is 12.2 Å². The maximum Gasteiger partial charge on any atom is 0.0760 e. The molecule has 0 bridgehead atoms. The first-order chi connectivity index (χ1) is 4.33. The van der Waals surface area contributed by atoms with Crippen molar-refractivity contribution in [2.45, 2.75) is 38.9 Å². The minimum absolute atomic E-state index is 0.407. The molecule has 1 aliphatic rings. The zero-order valence-electron chi connectivity index (χ0n) is 6.13. The smallest absolute Gasteiger partial charge is 0.0760 e. The Morgan fingerprint density at radius 1 is 1.44 bits per heavy atom. The minimum Gasteiger partial charge on any atom is -0.371 e. The number of allylic oxidation sites excluding steroid dienone is 1. The van der Waals surface area contributed by atoms with Crippen molar-refractivity contribution < 1.29 is 4.74 Å². The Kier molecular flexibility index (Phi) is 2.29. The molecular formula is C8H14O. The van der Waals surface area contributed by atoms with Crippen LogP contribution in [-0.2, 0) is 4.74 Å². The van der Waals surface area contributed by atoms with Crippen LogP contribution in [0.15, 0.2) is 12.2 Å². The molecule has 52 valence electrons. The summed E-state index contributed by atoms with van der Waals surface area (Å²) in [6.07, 6.45) is 7.49. The summed E-state index contributed by atoms with van der Waals surface area (Å²) >= 11 is 0. The third-order valence-electron chi connectivity index (χ3n) is 1.67. The van der Waals surface area contributed by atoms with Gasteiger partial charge in [-0.3, -0.25) is 0 Å². The van der Waals surface area contributed by atoms with E-state index in [1.54, 1.807) is 0 Å². The fourth-order valence-corrected chi connectivity index (χ4v) is 1.19. The van der Waals surface area contributed by atoms with Crippen LogP contribution < -0.4 is 0 Å². The highest BCUT2D eigenvalue weighted by Gasteiger charge is 2.18. The average molecular weight is 126 g/mol. The van der Waals surface area contributed by atoms with Crippen LogP contribution >= 0.6 is 0 Å². The second-order valence-electron chi connectivity index (χ2n) is 2.59. The Labute approximate surface area is 56.7 Å². The second kappa shape index (κ2) is 3.02. The molecule has 1 rings (SSSR count). The van der Waals surface area contributed by atoms with E-state index in [1.165, 1.54) is 12.8 Å². The second-order valence-corrected chi connectivity index (χ2v) is 2.59. The zero-order valence-corrected chi connectivity index (χ0v) is 6.13. The molecule has 2 atom stereocenters. The van der Waals surface area contributed by atoms with Gasteiger partial charge in [0.2, 0.25) is 0 Å². The molecule has 1 heteroatoms. The summed E-state index contributed by atoms with van der Waals surface area (Å²) in [4.78, 5) is 0. The van der Waals surface area contributed by atoms with Crippen LogP contribution in [0.1, 0.15) is 26.7 Å². The highest BCUT2D eigenvalue weighted by atomic mass is 16.5. The van der Waals surface area contributed by atoms with E-state index in [0.717, 1.165) is 0 Å². The predicted molar refractivity (Wildman–Crippen MR) is 38.4 cm³/mol. The molecule has 1 heterocycles. The van der Waals surface area contributed by atoms with E-state index in [9.17, 15) is 0 Å². The van der Waals surface area contributed by atoms with Crippen LogP contribution in [0.4, 0.5) is 0 Å². The van der Waals surface area contributed by atoms with Gasteiger partial charge in [-0.2, -0.15) is 0 Å². The fourth-order valence-electron chi connectivity index (χ4n) is 1.19. The lowest BCUT2D eigenvalue weighted by Crippen LogP contribution is -2.03. The van der Waals surface area contributed by atoms with Crippen molar-refractivity contribution in [3.05, 3.63) is 12.2 Å². The first-order valence-corrected chi connectivity index (χ1v) is 3.61. The predicted octanol–water partition coefficient (Wildman–Crippen LogP) is 2.13. The summed E-state index contributed by atoms with van der Waals surface area (Å²) in [6, 6.07) is 0. The molecule has 2 unspecified atom stereocenters. The van der Waals surface area contributed by atoms with Crippen molar-refractivity contribution in [3.8, 4) is 0 Å². The van der Waals surface area contributed by atoms with Gasteiger partial charge in [-0.15, -0.1) is 0 Å². The summed E-state index contributed by atoms with van der Waals surface area (Å²) in [7, 11) is 0. The van der Waals surface area contributed by atoms with E-state index in [-0.39, 0.29) is 0 Å². The fraction of sp³-hybridized carbons (Fsp3) is 0.750. The molecule has 0 aromatic rings. The summed E-state index contributed by atoms with van der Waals surface area (Å²) in [5.74, 6) is 0. The first-order valence-electron chi connectivity index (χ1n) is 3.61. The maximum atomic E-state index is 5.51. The molecule has 1 nitrogen and oxygen atoms in total. The van der Waals surface area contributed by atoms with Crippen LogP contribution in [0, 0.1) is 0 Å². The Bertz CT molecular complexity index is 107. The molecule has 0 amide bonds. The molecule has 0 aliphatic carbocycles. The maximum absolute atomic E-state index is 5.51. The molecule has 9 heavy (non-hydrogen) atoms. The lowest BCUT2D eigenvalue weighted by Gasteiger charge is -2.03. The molecule has 1 fully saturated rings. The van der Waals surface area contributed by atoms with E-state index in [2.05, 4.69) is 19.1 Å². The summed E-state index contributed by atoms with van der Waals surface area (Å²) < 4.78 is 5.51. The van der Waals surface area contributed by atoms with Gasteiger partial charge in [0.15, 0.2) is 0 Å². The minimum atomic E-state index is 0.407. The Balaban J connectivity index is 2.30. The van der Waals surface area contributed by atoms with Crippen LogP contribution in [0.5, 0.6) is 0 Å². The molecule has 0 N–H and O–H groups in total. The van der Waals surface area contributed by atoms with Crippen LogP contribution in [0.25, 0.3) is 0 Å². The molecule has 1 saturated heterocycles. The van der Waals surface area contributed by atoms with Gasteiger partial charge in [0, 0.05) is 0 Å². The number of rotatable bonds is 1. The van der Waals surface area contributed by atoms with Gasteiger partial charge < -0.3 is 4.74 Å². The van der Waals surface area contributed by atoms with Gasteiger partial charge in [-0.1, -0.05) is 12.2 Å². The van der Waals surface area contributed by atoms with Crippen molar-refractivity contribution in [2.75, 3.05) is 0 Å². The van der Waals surface area contributed by atoms with Gasteiger partial charge in [0.25, 0.3) is 0 Å². The molecule has 0 saturated carbocycles. The van der Waals surface area contributed by atoms with E-state index in [4.69, 9.17) is 4.74 Å². The van der Waals surface area contributed by atoms with Gasteiger partial charge >= 0.3 is 0 Å². The van der Waals surface area contributed by atoms with Crippen molar-refractivity contribution in [3.63, 3.8) is 0 Å². The number of hydrogen-bond donors (Lipinski definition) is 0. The van der Waals surface area contributed by atoms with Gasteiger partial charge in [-0.25, -0.2) is 0 Å². The Morgan fingerprint density at radius 3 is 2.67 bits per heavy atom. The lowest BCUT2D eigenvalue weighted by atomic mass is 10.2. The quantitative estimate of drug-likeness (QED) is 0.489. The normalized spacial score (nSPS) is 36.2. The average Bonchev–Trinajstić information content (AvgIpc) is 2.17. The number of ether oxygens (including phenoxy) is 1. The van der Waals surface area contributed by atoms with E-state index in [1.807, 2.05) is 6.92 Å². The van der Waals surface area contributed by atoms with Gasteiger partial charge in [0.1, 0.15) is 0 Å². The standard InChI is InChI=1S/C8H14O/c1-3-4-8-6-5-7(2)9-8/h3-4,7-8H,5-6H2,1-2H3/b4-3-. The summed E-state index contributed by atoms with van der Waals surface area (Å²) in [5.41, 5.74) is 0. The van der Waals surface area contributed by atoms with Crippen LogP contribution in [0.3, 0.4) is 0 Å². The Morgan fingerprint density at radius 2 is 2.22 bits per heavy atom. The van der Waals surface area contributed by atoms with Crippen molar-refractivity contribution in [1.29, 1.82) is 0 Å². The van der Waals surface area contributed by atoms with Gasteiger partial charge in [-0.05, 0) is 26.7 Å². The molecule has 1 aliphatic heterocycles. The largest absolute Gasteiger partial charge is 0.371 e. The van der Waals surface area contributed by atoms with Crippen molar-refractivity contribution in [2.24, 2.45) is 0 Å². The third kappa shape index (κ3) is 1.83. The molecule has 0 aromatic carbocycles. The van der Waals surface area contributed by atoms with Gasteiger partial charge in [0.05, 0.1) is 12.2 Å². The summed E-state index contributed by atoms with van der Waals surface area (Å²) in [5, 5.41) is 0. The highest BCUT2D eigenvalue weighted by molar-refractivity contribution is 4.90. The van der Waals surface area contributed by atoms with E-state index >= 15 is 0 Å². The Hall–Kier alpha value is -0.300. The molecule has 0 aromatic heterocycles. The molecule has 0 radical (unpaired) electrons. The number of hydrogen-bond acceptors (Lipinski definition) is 1. The van der Waals surface area contributed by atoms with Crippen molar-refractivity contribution in [1.82, 2.24) is 0 Å². The van der Waals surface area contributed by atoms with E-state index < -0.39 is 0 Å². The van der Waals surface area contributed by atoms with Crippen molar-refractivity contribution >= 4 is 0 Å². The topological polar surface area (TPSA) is 9.23 Å². The third-order valence-corrected chi connectivity index (χ3v) is 1.67. The molecule has 0 spiro atoms. The molecular weight excluding hydrogens is 112 g/mol. The SMILES string of the molecule is C/C=C\C1CCC(C)O1. The first kappa shape index (κ1) is 6.81. The monoisotopic (exact) mass is 126 g/mol. The van der Waals surface area contributed by atoms with Crippen LogP contribution in [0.2, 0.25) is 0 Å². The lowest BCUT2D eigenvalue weighted by molar-refractivity contribution is 0.0833. The zero-order chi connectivity index (χ0) is 6.69. The highest BCUT2D eigenvalue weighted by Crippen LogP contribution is 2.19.